The molecule has 3 aliphatic rings. The van der Waals surface area contributed by atoms with Gasteiger partial charge in [0.05, 0.1) is 0 Å². The van der Waals surface area contributed by atoms with Crippen molar-refractivity contribution in [2.45, 2.75) is 89.6 Å². The summed E-state index contributed by atoms with van der Waals surface area (Å²) in [5.41, 5.74) is 0. The Morgan fingerprint density at radius 3 is 1.61 bits per heavy atom. The second-order valence-electron chi connectivity index (χ2n) is 7.26. The molecule has 0 amide bonds. The van der Waals surface area contributed by atoms with E-state index in [9.17, 15) is 0 Å². The highest BCUT2D eigenvalue weighted by molar-refractivity contribution is 4.93. The van der Waals surface area contributed by atoms with Crippen LogP contribution >= 0.6 is 0 Å². The minimum atomic E-state index is 0.775. The SMILES string of the molecule is CC(NC(C1CCC1)C1CCC1)C1CCCCC1. The van der Waals surface area contributed by atoms with E-state index in [1.54, 1.807) is 0 Å². The summed E-state index contributed by atoms with van der Waals surface area (Å²) < 4.78 is 0. The molecule has 0 bridgehead atoms. The fourth-order valence-corrected chi connectivity index (χ4v) is 4.33. The highest BCUT2D eigenvalue weighted by Crippen LogP contribution is 2.40. The molecule has 1 heteroatoms. The first-order valence-electron chi connectivity index (χ1n) is 8.60. The lowest BCUT2D eigenvalue weighted by molar-refractivity contribution is 0.102. The molecule has 1 unspecified atom stereocenters. The van der Waals surface area contributed by atoms with E-state index in [4.69, 9.17) is 0 Å². The van der Waals surface area contributed by atoms with Gasteiger partial charge in [0.25, 0.3) is 0 Å². The lowest BCUT2D eigenvalue weighted by Crippen LogP contribution is -2.52. The topological polar surface area (TPSA) is 12.0 Å². The third-order valence-electron chi connectivity index (χ3n) is 6.13. The molecule has 1 N–H and O–H groups in total. The normalized spacial score (nSPS) is 29.0. The zero-order valence-electron chi connectivity index (χ0n) is 12.2. The van der Waals surface area contributed by atoms with E-state index in [1.165, 1.54) is 70.6 Å². The predicted molar refractivity (Wildman–Crippen MR) is 77.6 cm³/mol. The number of nitrogens with one attached hydrogen (secondary N) is 1. The van der Waals surface area contributed by atoms with E-state index in [-0.39, 0.29) is 0 Å². The lowest BCUT2D eigenvalue weighted by Gasteiger charge is -2.45. The zero-order valence-corrected chi connectivity index (χ0v) is 12.2. The van der Waals surface area contributed by atoms with E-state index < -0.39 is 0 Å². The van der Waals surface area contributed by atoms with Crippen molar-refractivity contribution in [3.8, 4) is 0 Å². The van der Waals surface area contributed by atoms with Crippen LogP contribution < -0.4 is 5.32 Å². The van der Waals surface area contributed by atoms with Crippen molar-refractivity contribution >= 4 is 0 Å². The fourth-order valence-electron chi connectivity index (χ4n) is 4.33. The Labute approximate surface area is 113 Å². The van der Waals surface area contributed by atoms with Crippen LogP contribution in [0.1, 0.15) is 77.6 Å². The van der Waals surface area contributed by atoms with E-state index in [0.717, 1.165) is 29.8 Å². The van der Waals surface area contributed by atoms with Crippen molar-refractivity contribution < 1.29 is 0 Å². The van der Waals surface area contributed by atoms with Crippen LogP contribution in [0, 0.1) is 17.8 Å². The minimum absolute atomic E-state index is 0.775. The zero-order chi connectivity index (χ0) is 12.4. The average Bonchev–Trinajstić information content (AvgIpc) is 2.25. The molecular formula is C17H31N. The van der Waals surface area contributed by atoms with Crippen LogP contribution in [0.5, 0.6) is 0 Å². The Morgan fingerprint density at radius 1 is 0.667 bits per heavy atom. The smallest absolute Gasteiger partial charge is 0.0126 e. The molecule has 0 radical (unpaired) electrons. The number of rotatable bonds is 5. The molecule has 3 aliphatic carbocycles. The van der Waals surface area contributed by atoms with E-state index in [1.807, 2.05) is 0 Å². The van der Waals surface area contributed by atoms with Crippen molar-refractivity contribution in [1.29, 1.82) is 0 Å². The molecule has 0 aromatic rings. The number of hydrogen-bond acceptors (Lipinski definition) is 1. The van der Waals surface area contributed by atoms with Crippen LogP contribution in [0.3, 0.4) is 0 Å². The monoisotopic (exact) mass is 249 g/mol. The molecule has 3 fully saturated rings. The molecular weight excluding hydrogens is 218 g/mol. The molecule has 18 heavy (non-hydrogen) atoms. The molecule has 0 aliphatic heterocycles. The maximum Gasteiger partial charge on any atom is 0.0126 e. The van der Waals surface area contributed by atoms with Crippen LogP contribution in [0.4, 0.5) is 0 Å². The van der Waals surface area contributed by atoms with Gasteiger partial charge in [-0.25, -0.2) is 0 Å². The van der Waals surface area contributed by atoms with Gasteiger partial charge in [0.1, 0.15) is 0 Å². The fraction of sp³-hybridized carbons (Fsp3) is 1.00. The quantitative estimate of drug-likeness (QED) is 0.755. The van der Waals surface area contributed by atoms with E-state index in [2.05, 4.69) is 12.2 Å². The molecule has 1 nitrogen and oxygen atoms in total. The lowest BCUT2D eigenvalue weighted by atomic mass is 9.68. The molecule has 0 saturated heterocycles. The maximum absolute atomic E-state index is 4.09. The van der Waals surface area contributed by atoms with Gasteiger partial charge in [-0.15, -0.1) is 0 Å². The molecule has 0 heterocycles. The highest BCUT2D eigenvalue weighted by atomic mass is 15.0. The van der Waals surface area contributed by atoms with Crippen molar-refractivity contribution in [3.05, 3.63) is 0 Å². The second-order valence-corrected chi connectivity index (χ2v) is 7.26. The van der Waals surface area contributed by atoms with Crippen LogP contribution in [-0.2, 0) is 0 Å². The van der Waals surface area contributed by atoms with Crippen LogP contribution in [0.15, 0.2) is 0 Å². The molecule has 0 aromatic carbocycles. The Bertz CT molecular complexity index is 234. The molecule has 3 saturated carbocycles. The Kier molecular flexibility index (Phi) is 4.28. The Hall–Kier alpha value is -0.0400. The van der Waals surface area contributed by atoms with Gasteiger partial charge < -0.3 is 5.32 Å². The van der Waals surface area contributed by atoms with Crippen molar-refractivity contribution in [2.75, 3.05) is 0 Å². The van der Waals surface area contributed by atoms with Gasteiger partial charge in [0, 0.05) is 12.1 Å². The van der Waals surface area contributed by atoms with E-state index in [0.29, 0.717) is 0 Å². The summed E-state index contributed by atoms with van der Waals surface area (Å²) >= 11 is 0. The van der Waals surface area contributed by atoms with Crippen LogP contribution in [0.25, 0.3) is 0 Å². The Morgan fingerprint density at radius 2 is 1.17 bits per heavy atom. The van der Waals surface area contributed by atoms with Crippen LogP contribution in [0.2, 0.25) is 0 Å². The summed E-state index contributed by atoms with van der Waals surface area (Å²) in [6.45, 7) is 2.47. The molecule has 0 aromatic heterocycles. The first-order chi connectivity index (χ1) is 8.84. The maximum atomic E-state index is 4.09. The van der Waals surface area contributed by atoms with Gasteiger partial charge in [0.2, 0.25) is 0 Å². The minimum Gasteiger partial charge on any atom is -0.311 e. The van der Waals surface area contributed by atoms with Gasteiger partial charge in [0.15, 0.2) is 0 Å². The average molecular weight is 249 g/mol. The van der Waals surface area contributed by atoms with Crippen molar-refractivity contribution in [2.24, 2.45) is 17.8 Å². The molecule has 1 atom stereocenters. The largest absolute Gasteiger partial charge is 0.311 e. The summed E-state index contributed by atoms with van der Waals surface area (Å²) in [4.78, 5) is 0. The van der Waals surface area contributed by atoms with Crippen molar-refractivity contribution in [1.82, 2.24) is 5.32 Å². The van der Waals surface area contributed by atoms with Gasteiger partial charge >= 0.3 is 0 Å². The first kappa shape index (κ1) is 13.0. The third-order valence-corrected chi connectivity index (χ3v) is 6.13. The first-order valence-corrected chi connectivity index (χ1v) is 8.60. The summed E-state index contributed by atoms with van der Waals surface area (Å²) in [5.74, 6) is 3.03. The van der Waals surface area contributed by atoms with E-state index >= 15 is 0 Å². The van der Waals surface area contributed by atoms with Gasteiger partial charge in [-0.05, 0) is 63.2 Å². The highest BCUT2D eigenvalue weighted by Gasteiger charge is 2.37. The summed E-state index contributed by atoms with van der Waals surface area (Å²) in [6.07, 6.45) is 16.4. The summed E-state index contributed by atoms with van der Waals surface area (Å²) in [5, 5.41) is 4.09. The Balaban J connectivity index is 1.53. The summed E-state index contributed by atoms with van der Waals surface area (Å²) in [6, 6.07) is 1.65. The molecule has 0 spiro atoms. The number of hydrogen-bond donors (Lipinski definition) is 1. The van der Waals surface area contributed by atoms with Crippen LogP contribution in [-0.4, -0.2) is 12.1 Å². The van der Waals surface area contributed by atoms with Gasteiger partial charge in [-0.2, -0.15) is 0 Å². The van der Waals surface area contributed by atoms with Gasteiger partial charge in [-0.1, -0.05) is 32.1 Å². The molecule has 3 rings (SSSR count). The van der Waals surface area contributed by atoms with Crippen molar-refractivity contribution in [3.63, 3.8) is 0 Å². The predicted octanol–water partition coefficient (Wildman–Crippen LogP) is 4.51. The standard InChI is InChI=1S/C17H31N/c1-13(14-7-3-2-4-8-14)18-17(15-9-5-10-15)16-11-6-12-16/h13-18H,2-12H2,1H3. The van der Waals surface area contributed by atoms with Gasteiger partial charge in [-0.3, -0.25) is 0 Å². The summed E-state index contributed by atoms with van der Waals surface area (Å²) in [7, 11) is 0. The second kappa shape index (κ2) is 5.94. The third kappa shape index (κ3) is 2.76. The molecule has 104 valence electrons.